The molecule has 0 unspecified atom stereocenters. The molecule has 0 amide bonds. The van der Waals surface area contributed by atoms with Gasteiger partial charge in [-0.1, -0.05) is 206 Å². The molecule has 0 aliphatic heterocycles. The van der Waals surface area contributed by atoms with E-state index >= 15 is 0 Å². The number of furan rings is 2. The zero-order valence-corrected chi connectivity index (χ0v) is 60.5. The first-order valence-corrected chi connectivity index (χ1v) is 39.1. The lowest BCUT2D eigenvalue weighted by atomic mass is 9.97. The molecule has 0 aliphatic rings. The molecule has 510 valence electrons. The van der Waals surface area contributed by atoms with E-state index in [1.807, 2.05) is 28.7 Å². The molecule has 110 heavy (non-hydrogen) atoms. The molecule has 25 rings (SSSR count). The molecule has 0 bridgehead atoms. The summed E-state index contributed by atoms with van der Waals surface area (Å²) in [5, 5.41) is 19.2. The Morgan fingerprint density at radius 3 is 1.08 bits per heavy atom. The molecular formula is C102H58N4O2S2. The summed E-state index contributed by atoms with van der Waals surface area (Å²) in [6, 6.07) is 130. The van der Waals surface area contributed by atoms with Gasteiger partial charge in [-0.3, -0.25) is 0 Å². The van der Waals surface area contributed by atoms with Crippen molar-refractivity contribution in [1.82, 2.24) is 18.3 Å². The molecule has 0 aliphatic carbocycles. The first-order chi connectivity index (χ1) is 54.5. The minimum absolute atomic E-state index is 0.866. The fraction of sp³-hybridized carbons (Fsp3) is 0. The lowest BCUT2D eigenvalue weighted by molar-refractivity contribution is 0.666. The van der Waals surface area contributed by atoms with Crippen LogP contribution in [-0.2, 0) is 0 Å². The Bertz CT molecular complexity index is 8310. The maximum atomic E-state index is 6.85. The molecule has 0 saturated carbocycles. The predicted octanol–water partition coefficient (Wildman–Crippen LogP) is 29.3. The summed E-state index contributed by atoms with van der Waals surface area (Å²) in [5.41, 5.74) is 26.5. The Hall–Kier alpha value is -14.0. The average Bonchev–Trinajstić information content (AvgIpc) is 1.58. The van der Waals surface area contributed by atoms with Crippen LogP contribution in [0, 0.1) is 0 Å². The zero-order valence-electron chi connectivity index (χ0n) is 58.9. The number of para-hydroxylation sites is 6. The van der Waals surface area contributed by atoms with Crippen LogP contribution in [0.25, 0.3) is 239 Å². The minimum atomic E-state index is 0.866. The molecule has 8 heterocycles. The molecule has 0 spiro atoms. The SMILES string of the molecule is c1ccc(-c2ccc3c(c2)c2cc(-c4ccc5c(c4)c4ccccc4n5-c4ccc5c(c4)sc4cccc(-c6ccc7c(c6)c6cc(-c8ccc9c(c8)c8ccccc8n9-c8cccc9c8oc8ccccc89)ccc6n7-c6cccc7c6oc6ccccc67)c45)ccc2n3-c2ccc3c(c2)sc2ccccc23)cc1. The van der Waals surface area contributed by atoms with Crippen LogP contribution < -0.4 is 0 Å². The van der Waals surface area contributed by atoms with E-state index in [0.29, 0.717) is 0 Å². The van der Waals surface area contributed by atoms with Gasteiger partial charge in [-0.25, -0.2) is 0 Å². The molecule has 17 aromatic carbocycles. The summed E-state index contributed by atoms with van der Waals surface area (Å²) < 4.78 is 28.4. The van der Waals surface area contributed by atoms with Crippen LogP contribution in [0.5, 0.6) is 0 Å². The second-order valence-electron chi connectivity index (χ2n) is 29.4. The number of aromatic nitrogens is 4. The molecule has 0 fully saturated rings. The summed E-state index contributed by atoms with van der Waals surface area (Å²) in [5.74, 6) is 0. The Labute approximate surface area is 635 Å². The molecule has 6 nitrogen and oxygen atoms in total. The topological polar surface area (TPSA) is 46.0 Å². The van der Waals surface area contributed by atoms with Crippen molar-refractivity contribution < 1.29 is 8.83 Å². The van der Waals surface area contributed by atoms with Crippen molar-refractivity contribution in [1.29, 1.82) is 0 Å². The molecule has 25 aromatic rings. The van der Waals surface area contributed by atoms with Gasteiger partial charge in [0.15, 0.2) is 11.2 Å². The van der Waals surface area contributed by atoms with Gasteiger partial charge in [0.2, 0.25) is 0 Å². The third-order valence-corrected chi connectivity index (χ3v) is 25.8. The van der Waals surface area contributed by atoms with Gasteiger partial charge in [0.05, 0.1) is 55.5 Å². The van der Waals surface area contributed by atoms with Crippen LogP contribution in [0.1, 0.15) is 0 Å². The van der Waals surface area contributed by atoms with Crippen molar-refractivity contribution >= 4 is 194 Å². The summed E-state index contributed by atoms with van der Waals surface area (Å²) in [6.45, 7) is 0. The lowest BCUT2D eigenvalue weighted by Crippen LogP contribution is -1.94. The van der Waals surface area contributed by atoms with Crippen molar-refractivity contribution in [3.8, 4) is 67.3 Å². The van der Waals surface area contributed by atoms with Gasteiger partial charge in [-0.05, 0) is 190 Å². The largest absolute Gasteiger partial charge is 0.454 e. The van der Waals surface area contributed by atoms with E-state index in [4.69, 9.17) is 8.83 Å². The van der Waals surface area contributed by atoms with Gasteiger partial charge in [-0.2, -0.15) is 0 Å². The van der Waals surface area contributed by atoms with Crippen LogP contribution in [0.2, 0.25) is 0 Å². The number of benzene rings is 17. The molecular weight excluding hydrogens is 1380 g/mol. The predicted molar refractivity (Wildman–Crippen MR) is 466 cm³/mol. The summed E-state index contributed by atoms with van der Waals surface area (Å²) in [7, 11) is 0. The van der Waals surface area contributed by atoms with Crippen molar-refractivity contribution in [2.45, 2.75) is 0 Å². The highest BCUT2D eigenvalue weighted by atomic mass is 32.1. The second-order valence-corrected chi connectivity index (χ2v) is 31.5. The van der Waals surface area contributed by atoms with E-state index in [1.165, 1.54) is 128 Å². The molecule has 8 aromatic heterocycles. The van der Waals surface area contributed by atoms with E-state index < -0.39 is 0 Å². The molecule has 0 radical (unpaired) electrons. The van der Waals surface area contributed by atoms with E-state index in [1.54, 1.807) is 0 Å². The van der Waals surface area contributed by atoms with Gasteiger partial charge in [-0.15, -0.1) is 22.7 Å². The van der Waals surface area contributed by atoms with Gasteiger partial charge in [0.1, 0.15) is 11.2 Å². The van der Waals surface area contributed by atoms with Crippen LogP contribution in [-0.4, -0.2) is 18.3 Å². The maximum absolute atomic E-state index is 6.85. The highest BCUT2D eigenvalue weighted by Crippen LogP contribution is 2.49. The monoisotopic (exact) mass is 1430 g/mol. The third kappa shape index (κ3) is 8.62. The summed E-state index contributed by atoms with van der Waals surface area (Å²) in [4.78, 5) is 0. The normalized spacial score (nSPS) is 12.4. The smallest absolute Gasteiger partial charge is 0.159 e. The van der Waals surface area contributed by atoms with Crippen LogP contribution in [0.4, 0.5) is 0 Å². The second kappa shape index (κ2) is 22.8. The minimum Gasteiger partial charge on any atom is -0.454 e. The van der Waals surface area contributed by atoms with Crippen LogP contribution in [0.3, 0.4) is 0 Å². The molecule has 8 heteroatoms. The summed E-state index contributed by atoms with van der Waals surface area (Å²) >= 11 is 3.74. The fourth-order valence-electron chi connectivity index (χ4n) is 18.6. The number of nitrogens with zero attached hydrogens (tertiary/aromatic N) is 4. The molecule has 0 atom stereocenters. The maximum Gasteiger partial charge on any atom is 0.159 e. The van der Waals surface area contributed by atoms with Crippen molar-refractivity contribution in [2.75, 3.05) is 0 Å². The Balaban J connectivity index is 0.615. The van der Waals surface area contributed by atoms with Gasteiger partial charge in [0, 0.05) is 116 Å². The number of hydrogen-bond donors (Lipinski definition) is 0. The first kappa shape index (κ1) is 60.1. The van der Waals surface area contributed by atoms with Gasteiger partial charge < -0.3 is 27.1 Å². The highest BCUT2D eigenvalue weighted by molar-refractivity contribution is 7.26. The van der Waals surface area contributed by atoms with Gasteiger partial charge in [0.25, 0.3) is 0 Å². The van der Waals surface area contributed by atoms with Gasteiger partial charge >= 0.3 is 0 Å². The Morgan fingerprint density at radius 1 is 0.191 bits per heavy atom. The highest BCUT2D eigenvalue weighted by Gasteiger charge is 2.25. The van der Waals surface area contributed by atoms with Crippen LogP contribution >= 0.6 is 22.7 Å². The standard InChI is InChI=1S/C102H58N4O2S2/c1-2-17-59(18-3-1)60-35-45-87-80(51-60)81-54-63(37-47-88(81)104(87)66-41-43-74-73-23-8-13-33-96(73)109-98(74)57-66)61-36-46-86-78(52-61)69-19-4-9-27-84(69)103(86)67-42-44-77-99(58-67)110-97-34-16-24-68(100(77)97)65-40-50-91-83(56-65)82-55-64(39-49-90(82)106(91)93-30-15-26-76-72-22-7-12-32-95(72)108-102(76)93)62-38-48-89-79(53-62)70-20-5-10-28-85(70)105(89)92-29-14-25-75-71-21-6-11-31-94(71)107-101(75)92/h1-58H. The Morgan fingerprint density at radius 2 is 0.545 bits per heavy atom. The molecule has 0 N–H and O–H groups in total. The number of fused-ring (bicyclic) bond motifs is 24. The number of hydrogen-bond acceptors (Lipinski definition) is 4. The zero-order chi connectivity index (χ0) is 71.6. The van der Waals surface area contributed by atoms with E-state index in [0.717, 1.165) is 111 Å². The first-order valence-electron chi connectivity index (χ1n) is 37.5. The van der Waals surface area contributed by atoms with Crippen molar-refractivity contribution in [3.63, 3.8) is 0 Å². The molecule has 0 saturated heterocycles. The lowest BCUT2D eigenvalue weighted by Gasteiger charge is -2.10. The average molecular weight is 1440 g/mol. The third-order valence-electron chi connectivity index (χ3n) is 23.6. The van der Waals surface area contributed by atoms with Crippen molar-refractivity contribution in [2.24, 2.45) is 0 Å². The quantitative estimate of drug-likeness (QED) is 0.152. The van der Waals surface area contributed by atoms with E-state index in [2.05, 4.69) is 364 Å². The fourth-order valence-corrected chi connectivity index (χ4v) is 20.9. The number of thiophene rings is 2. The van der Waals surface area contributed by atoms with Crippen molar-refractivity contribution in [3.05, 3.63) is 352 Å². The van der Waals surface area contributed by atoms with Crippen LogP contribution in [0.15, 0.2) is 361 Å². The van der Waals surface area contributed by atoms with E-state index in [9.17, 15) is 0 Å². The summed E-state index contributed by atoms with van der Waals surface area (Å²) in [6.07, 6.45) is 0. The Kier molecular flexibility index (Phi) is 12.4. The van der Waals surface area contributed by atoms with E-state index in [-0.39, 0.29) is 0 Å². The number of rotatable bonds is 8.